The molecule has 96 valence electrons. The highest BCUT2D eigenvalue weighted by Crippen LogP contribution is 2.19. The van der Waals surface area contributed by atoms with Gasteiger partial charge in [0, 0.05) is 6.54 Å². The Labute approximate surface area is 110 Å². The van der Waals surface area contributed by atoms with Crippen LogP contribution in [0.4, 0.5) is 10.2 Å². The molecule has 1 aromatic carbocycles. The fourth-order valence-corrected chi connectivity index (χ4v) is 1.63. The van der Waals surface area contributed by atoms with Crippen LogP contribution in [0.25, 0.3) is 0 Å². The van der Waals surface area contributed by atoms with E-state index in [-0.39, 0.29) is 5.82 Å². The van der Waals surface area contributed by atoms with E-state index in [1.807, 2.05) is 6.07 Å². The average Bonchev–Trinajstić information content (AvgIpc) is 2.46. The molecule has 0 aliphatic rings. The van der Waals surface area contributed by atoms with Crippen molar-refractivity contribution in [2.75, 3.05) is 12.4 Å². The van der Waals surface area contributed by atoms with Crippen molar-refractivity contribution in [2.24, 2.45) is 0 Å². The Balaban J connectivity index is 2.08. The maximum Gasteiger partial charge on any atom is 0.141 e. The third kappa shape index (κ3) is 3.19. The lowest BCUT2D eigenvalue weighted by molar-refractivity contribution is 0.413. The number of benzene rings is 1. The molecular weight excluding hydrogens is 245 g/mol. The smallest absolute Gasteiger partial charge is 0.141 e. The molecule has 4 nitrogen and oxygen atoms in total. The summed E-state index contributed by atoms with van der Waals surface area (Å²) in [5, 5.41) is 12.0. The molecule has 0 spiro atoms. The molecule has 1 N–H and O–H groups in total. The average molecular weight is 257 g/mol. The Morgan fingerprint density at radius 2 is 2.21 bits per heavy atom. The van der Waals surface area contributed by atoms with Gasteiger partial charge in [-0.25, -0.2) is 9.37 Å². The molecule has 0 amide bonds. The molecule has 5 heteroatoms. The number of anilines is 1. The van der Waals surface area contributed by atoms with Crippen LogP contribution >= 0.6 is 0 Å². The Morgan fingerprint density at radius 1 is 1.37 bits per heavy atom. The van der Waals surface area contributed by atoms with Crippen LogP contribution in [-0.4, -0.2) is 12.1 Å². The predicted octanol–water partition coefficient (Wildman–Crippen LogP) is 2.71. The van der Waals surface area contributed by atoms with E-state index in [0.717, 1.165) is 11.8 Å². The third-order valence-electron chi connectivity index (χ3n) is 2.59. The largest absolute Gasteiger partial charge is 0.495 e. The molecule has 0 unspecified atom stereocenters. The van der Waals surface area contributed by atoms with Gasteiger partial charge in [-0.15, -0.1) is 0 Å². The van der Waals surface area contributed by atoms with Crippen LogP contribution in [0, 0.1) is 17.1 Å². The number of nitrogens with one attached hydrogen (secondary N) is 1. The number of hydrogen-bond acceptors (Lipinski definition) is 4. The van der Waals surface area contributed by atoms with Crippen LogP contribution in [0.1, 0.15) is 11.1 Å². The molecule has 0 saturated heterocycles. The molecule has 0 fully saturated rings. The minimum absolute atomic E-state index is 0.373. The quantitative estimate of drug-likeness (QED) is 0.914. The molecule has 1 aromatic heterocycles. The van der Waals surface area contributed by atoms with E-state index in [0.29, 0.717) is 23.7 Å². The Hall–Kier alpha value is -2.61. The normalized spacial score (nSPS) is 9.74. The molecule has 0 radical (unpaired) electrons. The highest BCUT2D eigenvalue weighted by molar-refractivity contribution is 5.46. The second-order valence-electron chi connectivity index (χ2n) is 3.86. The summed E-state index contributed by atoms with van der Waals surface area (Å²) in [5.74, 6) is 0.753. The van der Waals surface area contributed by atoms with Crippen LogP contribution in [0.15, 0.2) is 36.5 Å². The third-order valence-corrected chi connectivity index (χ3v) is 2.59. The van der Waals surface area contributed by atoms with Crippen molar-refractivity contribution in [2.45, 2.75) is 6.54 Å². The minimum Gasteiger partial charge on any atom is -0.495 e. The van der Waals surface area contributed by atoms with E-state index < -0.39 is 0 Å². The van der Waals surface area contributed by atoms with Crippen molar-refractivity contribution in [3.05, 3.63) is 53.5 Å². The molecule has 0 aliphatic carbocycles. The van der Waals surface area contributed by atoms with Crippen molar-refractivity contribution in [3.63, 3.8) is 0 Å². The Morgan fingerprint density at radius 3 is 2.84 bits per heavy atom. The van der Waals surface area contributed by atoms with Crippen LogP contribution in [0.5, 0.6) is 5.75 Å². The number of methoxy groups -OCH3 is 1. The van der Waals surface area contributed by atoms with Crippen LogP contribution in [0.2, 0.25) is 0 Å². The van der Waals surface area contributed by atoms with E-state index in [2.05, 4.69) is 16.4 Å². The minimum atomic E-state index is -0.373. The second kappa shape index (κ2) is 5.83. The number of hydrogen-bond donors (Lipinski definition) is 1. The summed E-state index contributed by atoms with van der Waals surface area (Å²) in [4.78, 5) is 3.89. The number of pyridine rings is 1. The molecule has 2 aromatic rings. The van der Waals surface area contributed by atoms with Gasteiger partial charge in [-0.2, -0.15) is 5.26 Å². The topological polar surface area (TPSA) is 57.9 Å². The zero-order valence-corrected chi connectivity index (χ0v) is 10.4. The van der Waals surface area contributed by atoms with Crippen molar-refractivity contribution in [3.8, 4) is 11.8 Å². The number of rotatable bonds is 4. The number of nitriles is 1. The van der Waals surface area contributed by atoms with Crippen molar-refractivity contribution < 1.29 is 9.13 Å². The number of halogens is 1. The van der Waals surface area contributed by atoms with E-state index in [1.165, 1.54) is 13.2 Å². The van der Waals surface area contributed by atoms with Gasteiger partial charge in [0.05, 0.1) is 18.9 Å². The maximum absolute atomic E-state index is 12.7. The summed E-state index contributed by atoms with van der Waals surface area (Å²) in [6.45, 7) is 0.497. The van der Waals surface area contributed by atoms with E-state index in [1.54, 1.807) is 18.2 Å². The second-order valence-corrected chi connectivity index (χ2v) is 3.86. The zero-order valence-electron chi connectivity index (χ0n) is 10.4. The fraction of sp³-hybridized carbons (Fsp3) is 0.143. The predicted molar refractivity (Wildman–Crippen MR) is 69.2 cm³/mol. The molecule has 0 aliphatic heterocycles. The van der Waals surface area contributed by atoms with Gasteiger partial charge in [0.15, 0.2) is 0 Å². The molecule has 2 rings (SSSR count). The molecule has 19 heavy (non-hydrogen) atoms. The summed E-state index contributed by atoms with van der Waals surface area (Å²) in [7, 11) is 1.52. The summed E-state index contributed by atoms with van der Waals surface area (Å²) in [6, 6.07) is 10.3. The van der Waals surface area contributed by atoms with Crippen molar-refractivity contribution in [1.29, 1.82) is 5.26 Å². The van der Waals surface area contributed by atoms with Gasteiger partial charge in [0.2, 0.25) is 0 Å². The molecule has 0 saturated carbocycles. The first-order valence-corrected chi connectivity index (χ1v) is 5.65. The Bertz CT molecular complexity index is 605. The summed E-state index contributed by atoms with van der Waals surface area (Å²) in [6.07, 6.45) is 1.15. The maximum atomic E-state index is 12.7. The summed E-state index contributed by atoms with van der Waals surface area (Å²) in [5.41, 5.74) is 1.40. The van der Waals surface area contributed by atoms with Crippen LogP contribution in [0.3, 0.4) is 0 Å². The van der Waals surface area contributed by atoms with Crippen LogP contribution < -0.4 is 10.1 Å². The van der Waals surface area contributed by atoms with Gasteiger partial charge in [-0.1, -0.05) is 6.07 Å². The molecule has 1 heterocycles. The van der Waals surface area contributed by atoms with Gasteiger partial charge in [0.25, 0.3) is 0 Å². The van der Waals surface area contributed by atoms with Gasteiger partial charge in [0.1, 0.15) is 23.5 Å². The van der Waals surface area contributed by atoms with Gasteiger partial charge in [-0.05, 0) is 29.8 Å². The summed E-state index contributed by atoms with van der Waals surface area (Å²) < 4.78 is 17.8. The van der Waals surface area contributed by atoms with Crippen LogP contribution in [-0.2, 0) is 6.54 Å². The molecule has 0 bridgehead atoms. The molecular formula is C14H12FN3O. The standard InChI is InChI=1S/C14H12FN3O/c1-19-13-4-2-10(6-11(13)7-16)8-17-14-5-3-12(15)9-18-14/h2-6,9H,8H2,1H3,(H,17,18). The fourth-order valence-electron chi connectivity index (χ4n) is 1.63. The first-order chi connectivity index (χ1) is 9.22. The SMILES string of the molecule is COc1ccc(CNc2ccc(F)cn2)cc1C#N. The number of ether oxygens (including phenoxy) is 1. The lowest BCUT2D eigenvalue weighted by Crippen LogP contribution is -2.02. The monoisotopic (exact) mass is 257 g/mol. The zero-order chi connectivity index (χ0) is 13.7. The Kier molecular flexibility index (Phi) is 3.94. The van der Waals surface area contributed by atoms with Gasteiger partial charge in [-0.3, -0.25) is 0 Å². The van der Waals surface area contributed by atoms with E-state index in [4.69, 9.17) is 10.00 Å². The van der Waals surface area contributed by atoms with E-state index in [9.17, 15) is 4.39 Å². The lowest BCUT2D eigenvalue weighted by atomic mass is 10.1. The highest BCUT2D eigenvalue weighted by atomic mass is 19.1. The van der Waals surface area contributed by atoms with Gasteiger partial charge < -0.3 is 10.1 Å². The van der Waals surface area contributed by atoms with Crippen molar-refractivity contribution in [1.82, 2.24) is 4.98 Å². The van der Waals surface area contributed by atoms with Crippen molar-refractivity contribution >= 4 is 5.82 Å². The molecule has 0 atom stereocenters. The van der Waals surface area contributed by atoms with Gasteiger partial charge >= 0.3 is 0 Å². The first-order valence-electron chi connectivity index (χ1n) is 5.65. The summed E-state index contributed by atoms with van der Waals surface area (Å²) >= 11 is 0. The highest BCUT2D eigenvalue weighted by Gasteiger charge is 2.03. The number of aromatic nitrogens is 1. The first kappa shape index (κ1) is 12.8. The van der Waals surface area contributed by atoms with E-state index >= 15 is 0 Å². The lowest BCUT2D eigenvalue weighted by Gasteiger charge is -2.08. The number of nitrogens with zero attached hydrogens (tertiary/aromatic N) is 2.